The first-order chi connectivity index (χ1) is 10.4. The molecule has 22 heavy (non-hydrogen) atoms. The molecule has 120 valence electrons. The summed E-state index contributed by atoms with van der Waals surface area (Å²) in [6.45, 7) is 4.31. The Balaban J connectivity index is 2.14. The fourth-order valence-electron chi connectivity index (χ4n) is 1.97. The van der Waals surface area contributed by atoms with E-state index >= 15 is 0 Å². The van der Waals surface area contributed by atoms with Crippen molar-refractivity contribution >= 4 is 10.0 Å². The molecule has 7 heteroatoms. The maximum Gasteiger partial charge on any atom is 0.243 e. The third-order valence-electron chi connectivity index (χ3n) is 3.28. The third kappa shape index (κ3) is 4.16. The average molecular weight is 323 g/mol. The molecule has 0 aliphatic heterocycles. The second-order valence-electron chi connectivity index (χ2n) is 5.26. The van der Waals surface area contributed by atoms with E-state index in [1.165, 1.54) is 12.4 Å². The molecule has 0 spiro atoms. The monoisotopic (exact) mass is 323 g/mol. The van der Waals surface area contributed by atoms with Gasteiger partial charge in [-0.1, -0.05) is 17.7 Å². The zero-order valence-corrected chi connectivity index (χ0v) is 13.8. The van der Waals surface area contributed by atoms with Crippen LogP contribution in [0.2, 0.25) is 0 Å². The van der Waals surface area contributed by atoms with E-state index < -0.39 is 10.0 Å². The first-order valence-corrected chi connectivity index (χ1v) is 8.53. The number of nitrogens with zero attached hydrogens (tertiary/aromatic N) is 2. The smallest absolute Gasteiger partial charge is 0.243 e. The quantitative estimate of drug-likeness (QED) is 0.844. The second kappa shape index (κ2) is 7.04. The van der Waals surface area contributed by atoms with Crippen LogP contribution in [0.5, 0.6) is 0 Å². The van der Waals surface area contributed by atoms with Gasteiger partial charge in [0.05, 0.1) is 18.1 Å². The van der Waals surface area contributed by atoms with Gasteiger partial charge in [0, 0.05) is 19.8 Å². The van der Waals surface area contributed by atoms with Crippen molar-refractivity contribution in [3.63, 3.8) is 0 Å². The van der Waals surface area contributed by atoms with Crippen LogP contribution in [-0.4, -0.2) is 38.0 Å². The summed E-state index contributed by atoms with van der Waals surface area (Å²) >= 11 is 0. The van der Waals surface area contributed by atoms with Gasteiger partial charge in [-0.3, -0.25) is 0 Å². The van der Waals surface area contributed by atoms with Crippen molar-refractivity contribution in [1.29, 1.82) is 0 Å². The molecule has 0 aliphatic rings. The van der Waals surface area contributed by atoms with Crippen LogP contribution in [0.3, 0.4) is 0 Å². The minimum Gasteiger partial charge on any atom is -0.385 e. The van der Waals surface area contributed by atoms with Crippen molar-refractivity contribution in [2.75, 3.05) is 13.7 Å². The molecule has 6 nitrogen and oxygen atoms in total. The summed E-state index contributed by atoms with van der Waals surface area (Å²) in [5.41, 5.74) is 1.96. The van der Waals surface area contributed by atoms with E-state index in [1.54, 1.807) is 18.7 Å². The minimum absolute atomic E-state index is 0.150. The molecule has 1 heterocycles. The Bertz CT molecular complexity index is 708. The van der Waals surface area contributed by atoms with E-state index in [0.29, 0.717) is 13.0 Å². The standard InChI is InChI=1S/C15H21N3O3S/c1-12-4-6-14(7-5-12)18-11-15(10-16-18)22(19,20)17-13(2)8-9-21-3/h4-7,10-11,13,17H,8-9H2,1-3H3/t13-/m1/s1. The van der Waals surface area contributed by atoms with E-state index in [2.05, 4.69) is 9.82 Å². The number of hydrogen-bond acceptors (Lipinski definition) is 4. The molecule has 0 saturated heterocycles. The lowest BCUT2D eigenvalue weighted by Gasteiger charge is -2.12. The Morgan fingerprint density at radius 2 is 2.00 bits per heavy atom. The van der Waals surface area contributed by atoms with Crippen molar-refractivity contribution in [2.24, 2.45) is 0 Å². The van der Waals surface area contributed by atoms with Gasteiger partial charge in [0.2, 0.25) is 10.0 Å². The normalized spacial score (nSPS) is 13.2. The van der Waals surface area contributed by atoms with Crippen LogP contribution in [0.25, 0.3) is 5.69 Å². The van der Waals surface area contributed by atoms with E-state index in [-0.39, 0.29) is 10.9 Å². The zero-order valence-electron chi connectivity index (χ0n) is 13.0. The first-order valence-electron chi connectivity index (χ1n) is 7.05. The molecule has 1 aromatic carbocycles. The summed E-state index contributed by atoms with van der Waals surface area (Å²) in [6.07, 6.45) is 3.48. The summed E-state index contributed by atoms with van der Waals surface area (Å²) in [5, 5.41) is 4.12. The minimum atomic E-state index is -3.57. The van der Waals surface area contributed by atoms with Crippen LogP contribution in [0, 0.1) is 6.92 Å². The SMILES string of the molecule is COCC[C@@H](C)NS(=O)(=O)c1cnn(-c2ccc(C)cc2)c1. The van der Waals surface area contributed by atoms with Gasteiger partial charge in [-0.15, -0.1) is 0 Å². The predicted octanol–water partition coefficient (Wildman–Crippen LogP) is 1.88. The Morgan fingerprint density at radius 3 is 2.64 bits per heavy atom. The molecule has 0 unspecified atom stereocenters. The fraction of sp³-hybridized carbons (Fsp3) is 0.400. The Morgan fingerprint density at radius 1 is 1.32 bits per heavy atom. The van der Waals surface area contributed by atoms with Crippen LogP contribution < -0.4 is 4.72 Å². The lowest BCUT2D eigenvalue weighted by atomic mass is 10.2. The summed E-state index contributed by atoms with van der Waals surface area (Å²) < 4.78 is 33.7. The number of hydrogen-bond donors (Lipinski definition) is 1. The van der Waals surface area contributed by atoms with Crippen molar-refractivity contribution < 1.29 is 13.2 Å². The highest BCUT2D eigenvalue weighted by atomic mass is 32.2. The molecule has 2 rings (SSSR count). The molecular formula is C15H21N3O3S. The maximum atomic E-state index is 12.3. The molecule has 0 bridgehead atoms. The van der Waals surface area contributed by atoms with Crippen LogP contribution in [0.15, 0.2) is 41.6 Å². The molecule has 2 aromatic rings. The zero-order chi connectivity index (χ0) is 16.2. The topological polar surface area (TPSA) is 73.2 Å². The molecule has 0 fully saturated rings. The predicted molar refractivity (Wildman–Crippen MR) is 84.6 cm³/mol. The van der Waals surface area contributed by atoms with E-state index in [0.717, 1.165) is 11.3 Å². The highest BCUT2D eigenvalue weighted by Crippen LogP contribution is 2.13. The van der Waals surface area contributed by atoms with Crippen molar-refractivity contribution in [1.82, 2.24) is 14.5 Å². The van der Waals surface area contributed by atoms with Gasteiger partial charge >= 0.3 is 0 Å². The molecule has 1 aromatic heterocycles. The van der Waals surface area contributed by atoms with Crippen molar-refractivity contribution in [3.05, 3.63) is 42.2 Å². The fourth-order valence-corrected chi connectivity index (χ4v) is 3.18. The number of aromatic nitrogens is 2. The average Bonchev–Trinajstić information content (AvgIpc) is 2.96. The summed E-state index contributed by atoms with van der Waals surface area (Å²) in [5.74, 6) is 0. The van der Waals surface area contributed by atoms with Gasteiger partial charge in [-0.05, 0) is 32.4 Å². The van der Waals surface area contributed by atoms with E-state index in [4.69, 9.17) is 4.74 Å². The summed E-state index contributed by atoms with van der Waals surface area (Å²) in [4.78, 5) is 0.150. The Hall–Kier alpha value is -1.70. The number of sulfonamides is 1. The van der Waals surface area contributed by atoms with Gasteiger partial charge < -0.3 is 4.74 Å². The van der Waals surface area contributed by atoms with Gasteiger partial charge in [0.1, 0.15) is 4.90 Å². The van der Waals surface area contributed by atoms with Gasteiger partial charge in [0.25, 0.3) is 0 Å². The Kier molecular flexibility index (Phi) is 5.33. The number of methoxy groups -OCH3 is 1. The summed E-state index contributed by atoms with van der Waals surface area (Å²) in [7, 11) is -1.98. The molecule has 0 amide bonds. The lowest BCUT2D eigenvalue weighted by Crippen LogP contribution is -2.33. The van der Waals surface area contributed by atoms with Crippen molar-refractivity contribution in [2.45, 2.75) is 31.2 Å². The number of aryl methyl sites for hydroxylation is 1. The van der Waals surface area contributed by atoms with Crippen LogP contribution in [-0.2, 0) is 14.8 Å². The number of benzene rings is 1. The molecule has 0 radical (unpaired) electrons. The number of nitrogens with one attached hydrogen (secondary N) is 1. The van der Waals surface area contributed by atoms with Gasteiger partial charge in [-0.25, -0.2) is 17.8 Å². The maximum absolute atomic E-state index is 12.3. The number of ether oxygens (including phenoxy) is 1. The van der Waals surface area contributed by atoms with Crippen molar-refractivity contribution in [3.8, 4) is 5.69 Å². The lowest BCUT2D eigenvalue weighted by molar-refractivity contribution is 0.188. The molecule has 1 atom stereocenters. The molecule has 0 aliphatic carbocycles. The highest BCUT2D eigenvalue weighted by molar-refractivity contribution is 7.89. The van der Waals surface area contributed by atoms with E-state index in [9.17, 15) is 8.42 Å². The second-order valence-corrected chi connectivity index (χ2v) is 6.97. The molecule has 0 saturated carbocycles. The first kappa shape index (κ1) is 16.7. The molecule has 1 N–H and O–H groups in total. The Labute approximate surface area is 131 Å². The van der Waals surface area contributed by atoms with Crippen LogP contribution >= 0.6 is 0 Å². The van der Waals surface area contributed by atoms with E-state index in [1.807, 2.05) is 31.2 Å². The van der Waals surface area contributed by atoms with Gasteiger partial charge in [0.15, 0.2) is 0 Å². The van der Waals surface area contributed by atoms with Crippen LogP contribution in [0.4, 0.5) is 0 Å². The molecular weight excluding hydrogens is 302 g/mol. The third-order valence-corrected chi connectivity index (χ3v) is 4.82. The van der Waals surface area contributed by atoms with Crippen LogP contribution in [0.1, 0.15) is 18.9 Å². The highest BCUT2D eigenvalue weighted by Gasteiger charge is 2.19. The largest absolute Gasteiger partial charge is 0.385 e. The number of rotatable bonds is 7. The van der Waals surface area contributed by atoms with Gasteiger partial charge in [-0.2, -0.15) is 5.10 Å². The summed E-state index contributed by atoms with van der Waals surface area (Å²) in [6, 6.07) is 7.50.